The highest BCUT2D eigenvalue weighted by atomic mass is 15.2. The number of nitrogens with zero attached hydrogens (tertiary/aromatic N) is 3. The Bertz CT molecular complexity index is 622. The Labute approximate surface area is 125 Å². The Balaban J connectivity index is 1.59. The van der Waals surface area contributed by atoms with Crippen molar-refractivity contribution in [3.8, 4) is 6.07 Å². The molecule has 1 saturated heterocycles. The van der Waals surface area contributed by atoms with Gasteiger partial charge >= 0.3 is 0 Å². The van der Waals surface area contributed by atoms with Crippen LogP contribution in [0.3, 0.4) is 0 Å². The molecule has 21 heavy (non-hydrogen) atoms. The average Bonchev–Trinajstić information content (AvgIpc) is 2.56. The van der Waals surface area contributed by atoms with Crippen LogP contribution in [-0.4, -0.2) is 18.1 Å². The SMILES string of the molecule is N#Cc1ccnc(N2CCC(Cc3ccccc3)CC2)c1. The summed E-state index contributed by atoms with van der Waals surface area (Å²) < 4.78 is 0. The highest BCUT2D eigenvalue weighted by Crippen LogP contribution is 2.24. The summed E-state index contributed by atoms with van der Waals surface area (Å²) in [6, 6.07) is 16.5. The molecule has 0 saturated carbocycles. The summed E-state index contributed by atoms with van der Waals surface area (Å²) in [6.07, 6.45) is 5.27. The van der Waals surface area contributed by atoms with Crippen LogP contribution in [0.4, 0.5) is 5.82 Å². The molecular formula is C18H19N3. The van der Waals surface area contributed by atoms with Crippen LogP contribution in [0.15, 0.2) is 48.7 Å². The number of rotatable bonds is 3. The van der Waals surface area contributed by atoms with Gasteiger partial charge in [0.25, 0.3) is 0 Å². The maximum absolute atomic E-state index is 8.97. The molecule has 1 aromatic carbocycles. The largest absolute Gasteiger partial charge is 0.357 e. The molecule has 0 unspecified atom stereocenters. The van der Waals surface area contributed by atoms with E-state index in [1.807, 2.05) is 6.07 Å². The van der Waals surface area contributed by atoms with Crippen molar-refractivity contribution in [2.24, 2.45) is 5.92 Å². The van der Waals surface area contributed by atoms with Crippen LogP contribution in [-0.2, 0) is 6.42 Å². The van der Waals surface area contributed by atoms with Gasteiger partial charge in [0.05, 0.1) is 11.6 Å². The van der Waals surface area contributed by atoms with Crippen molar-refractivity contribution in [3.05, 3.63) is 59.8 Å². The van der Waals surface area contributed by atoms with Crippen molar-refractivity contribution in [2.75, 3.05) is 18.0 Å². The first-order valence-corrected chi connectivity index (χ1v) is 7.50. The van der Waals surface area contributed by atoms with Crippen molar-refractivity contribution in [3.63, 3.8) is 0 Å². The van der Waals surface area contributed by atoms with Crippen molar-refractivity contribution in [1.82, 2.24) is 4.98 Å². The quantitative estimate of drug-likeness (QED) is 0.863. The number of anilines is 1. The van der Waals surface area contributed by atoms with Gasteiger partial charge in [0.2, 0.25) is 0 Å². The smallest absolute Gasteiger partial charge is 0.129 e. The second-order valence-electron chi connectivity index (χ2n) is 5.63. The molecule has 1 aliphatic rings. The van der Waals surface area contributed by atoms with E-state index in [0.29, 0.717) is 5.56 Å². The van der Waals surface area contributed by atoms with Crippen molar-refractivity contribution in [2.45, 2.75) is 19.3 Å². The highest BCUT2D eigenvalue weighted by molar-refractivity contribution is 5.45. The molecule has 1 aromatic heterocycles. The molecule has 2 heterocycles. The lowest BCUT2D eigenvalue weighted by molar-refractivity contribution is 0.402. The minimum atomic E-state index is 0.686. The number of nitriles is 1. The monoisotopic (exact) mass is 277 g/mol. The second kappa shape index (κ2) is 6.41. The second-order valence-corrected chi connectivity index (χ2v) is 5.63. The van der Waals surface area contributed by atoms with Gasteiger partial charge in [-0.3, -0.25) is 0 Å². The van der Waals surface area contributed by atoms with E-state index in [2.05, 4.69) is 46.3 Å². The van der Waals surface area contributed by atoms with E-state index >= 15 is 0 Å². The van der Waals surface area contributed by atoms with E-state index in [-0.39, 0.29) is 0 Å². The number of aromatic nitrogens is 1. The summed E-state index contributed by atoms with van der Waals surface area (Å²) >= 11 is 0. The Morgan fingerprint density at radius 2 is 1.90 bits per heavy atom. The fourth-order valence-electron chi connectivity index (χ4n) is 2.97. The highest BCUT2D eigenvalue weighted by Gasteiger charge is 2.20. The molecule has 0 bridgehead atoms. The van der Waals surface area contributed by atoms with Gasteiger partial charge in [-0.15, -0.1) is 0 Å². The molecule has 0 amide bonds. The van der Waals surface area contributed by atoms with E-state index in [1.165, 1.54) is 24.8 Å². The molecule has 106 valence electrons. The molecular weight excluding hydrogens is 258 g/mol. The van der Waals surface area contributed by atoms with Gasteiger partial charge in [-0.1, -0.05) is 30.3 Å². The van der Waals surface area contributed by atoms with Gasteiger partial charge in [0.15, 0.2) is 0 Å². The third-order valence-corrected chi connectivity index (χ3v) is 4.18. The maximum Gasteiger partial charge on any atom is 0.129 e. The fourth-order valence-corrected chi connectivity index (χ4v) is 2.97. The summed E-state index contributed by atoms with van der Waals surface area (Å²) in [5.74, 6) is 1.69. The van der Waals surface area contributed by atoms with Crippen molar-refractivity contribution in [1.29, 1.82) is 5.26 Å². The lowest BCUT2D eigenvalue weighted by Gasteiger charge is -2.33. The van der Waals surface area contributed by atoms with Gasteiger partial charge in [0, 0.05) is 19.3 Å². The molecule has 3 heteroatoms. The Morgan fingerprint density at radius 3 is 2.62 bits per heavy atom. The van der Waals surface area contributed by atoms with Crippen LogP contribution in [0, 0.1) is 17.2 Å². The van der Waals surface area contributed by atoms with E-state index in [0.717, 1.165) is 24.8 Å². The predicted octanol–water partition coefficient (Wildman–Crippen LogP) is 3.41. The molecule has 1 fully saturated rings. The standard InChI is InChI=1S/C18H19N3/c19-14-17-6-9-20-18(13-17)21-10-7-16(8-11-21)12-15-4-2-1-3-5-15/h1-6,9,13,16H,7-8,10-12H2. The summed E-state index contributed by atoms with van der Waals surface area (Å²) in [4.78, 5) is 6.69. The third-order valence-electron chi connectivity index (χ3n) is 4.18. The minimum absolute atomic E-state index is 0.686. The zero-order valence-corrected chi connectivity index (χ0v) is 12.1. The van der Waals surface area contributed by atoms with Crippen LogP contribution in [0.1, 0.15) is 24.0 Å². The minimum Gasteiger partial charge on any atom is -0.357 e. The predicted molar refractivity (Wildman–Crippen MR) is 84.0 cm³/mol. The normalized spacial score (nSPS) is 15.7. The lowest BCUT2D eigenvalue weighted by Crippen LogP contribution is -2.34. The molecule has 0 spiro atoms. The van der Waals surface area contributed by atoms with Gasteiger partial charge in [-0.05, 0) is 42.9 Å². The van der Waals surface area contributed by atoms with Crippen LogP contribution < -0.4 is 4.90 Å². The topological polar surface area (TPSA) is 39.9 Å². The summed E-state index contributed by atoms with van der Waals surface area (Å²) in [5.41, 5.74) is 2.12. The van der Waals surface area contributed by atoms with Gasteiger partial charge in [-0.2, -0.15) is 5.26 Å². The summed E-state index contributed by atoms with van der Waals surface area (Å²) in [6.45, 7) is 2.05. The number of hydrogen-bond acceptors (Lipinski definition) is 3. The van der Waals surface area contributed by atoms with Crippen LogP contribution in [0.2, 0.25) is 0 Å². The Hall–Kier alpha value is -2.34. The van der Waals surface area contributed by atoms with Gasteiger partial charge in [-0.25, -0.2) is 4.98 Å². The van der Waals surface area contributed by atoms with Gasteiger partial charge < -0.3 is 4.90 Å². The number of pyridine rings is 1. The number of piperidine rings is 1. The number of hydrogen-bond donors (Lipinski definition) is 0. The Kier molecular flexibility index (Phi) is 4.16. The van der Waals surface area contributed by atoms with Crippen LogP contribution >= 0.6 is 0 Å². The lowest BCUT2D eigenvalue weighted by atomic mass is 9.90. The van der Waals surface area contributed by atoms with E-state index < -0.39 is 0 Å². The fraction of sp³-hybridized carbons (Fsp3) is 0.333. The number of benzene rings is 1. The van der Waals surface area contributed by atoms with Crippen molar-refractivity contribution >= 4 is 5.82 Å². The van der Waals surface area contributed by atoms with Crippen molar-refractivity contribution < 1.29 is 0 Å². The molecule has 1 aliphatic heterocycles. The average molecular weight is 277 g/mol. The van der Waals surface area contributed by atoms with E-state index in [4.69, 9.17) is 5.26 Å². The zero-order valence-electron chi connectivity index (χ0n) is 12.1. The van der Waals surface area contributed by atoms with Gasteiger partial charge in [0.1, 0.15) is 5.82 Å². The molecule has 0 radical (unpaired) electrons. The van der Waals surface area contributed by atoms with E-state index in [9.17, 15) is 0 Å². The molecule has 0 aliphatic carbocycles. The first-order chi connectivity index (χ1) is 10.3. The Morgan fingerprint density at radius 1 is 1.14 bits per heavy atom. The summed E-state index contributed by atoms with van der Waals surface area (Å²) in [5, 5.41) is 8.97. The zero-order chi connectivity index (χ0) is 14.5. The molecule has 3 nitrogen and oxygen atoms in total. The molecule has 3 rings (SSSR count). The maximum atomic E-state index is 8.97. The summed E-state index contributed by atoms with van der Waals surface area (Å²) in [7, 11) is 0. The third kappa shape index (κ3) is 3.41. The molecule has 2 aromatic rings. The molecule has 0 atom stereocenters. The first-order valence-electron chi connectivity index (χ1n) is 7.50. The van der Waals surface area contributed by atoms with Crippen LogP contribution in [0.25, 0.3) is 0 Å². The van der Waals surface area contributed by atoms with Crippen LogP contribution in [0.5, 0.6) is 0 Å². The van der Waals surface area contributed by atoms with E-state index in [1.54, 1.807) is 12.3 Å². The molecule has 0 N–H and O–H groups in total. The first kappa shape index (κ1) is 13.6.